The third-order valence-corrected chi connectivity index (χ3v) is 4.90. The van der Waals surface area contributed by atoms with Crippen molar-refractivity contribution in [1.29, 1.82) is 0 Å². The summed E-state index contributed by atoms with van der Waals surface area (Å²) in [7, 11) is 0. The zero-order valence-electron chi connectivity index (χ0n) is 14.4. The van der Waals surface area contributed by atoms with Gasteiger partial charge in [0, 0.05) is 17.4 Å². The first-order valence-corrected chi connectivity index (χ1v) is 8.51. The number of ether oxygens (including phenoxy) is 1. The van der Waals surface area contributed by atoms with E-state index in [1.807, 2.05) is 0 Å². The topological polar surface area (TPSA) is 76.5 Å². The van der Waals surface area contributed by atoms with E-state index in [1.165, 1.54) is 6.08 Å². The maximum Gasteiger partial charge on any atom is 0.433 e. The molecule has 2 aliphatic carbocycles. The Morgan fingerprint density at radius 1 is 1.26 bits per heavy atom. The van der Waals surface area contributed by atoms with Gasteiger partial charge in [0.25, 0.3) is 0 Å². The number of Topliss-reactive ketones (excluding diaryl/α,β-unsaturated/α-hetero) is 2. The second-order valence-corrected chi connectivity index (χ2v) is 6.65. The molecule has 144 valence electrons. The van der Waals surface area contributed by atoms with E-state index in [0.717, 1.165) is 6.07 Å². The molecule has 2 bridgehead atoms. The fourth-order valence-electron chi connectivity index (χ4n) is 3.58. The summed E-state index contributed by atoms with van der Waals surface area (Å²) < 4.78 is 44.1. The van der Waals surface area contributed by atoms with Crippen LogP contribution in [-0.2, 0) is 27.1 Å². The lowest BCUT2D eigenvalue weighted by molar-refractivity contribution is -0.141. The quantitative estimate of drug-likeness (QED) is 0.277. The minimum atomic E-state index is -4.68. The van der Waals surface area contributed by atoms with E-state index >= 15 is 0 Å². The molecule has 1 aromatic heterocycles. The number of aliphatic hydroxyl groups excluding tert-OH is 1. The lowest BCUT2D eigenvalue weighted by Crippen LogP contribution is -2.30. The van der Waals surface area contributed by atoms with Crippen molar-refractivity contribution in [2.45, 2.75) is 32.0 Å². The normalized spacial score (nSPS) is 22.3. The van der Waals surface area contributed by atoms with Crippen molar-refractivity contribution in [3.05, 3.63) is 47.3 Å². The van der Waals surface area contributed by atoms with Crippen LogP contribution >= 0.6 is 0 Å². The average Bonchev–Trinajstić information content (AvgIpc) is 3.07. The number of hydrogen-bond donors (Lipinski definition) is 1. The lowest BCUT2D eigenvalue weighted by Gasteiger charge is -2.21. The second-order valence-electron chi connectivity index (χ2n) is 6.65. The van der Waals surface area contributed by atoms with E-state index in [2.05, 4.69) is 11.6 Å². The summed E-state index contributed by atoms with van der Waals surface area (Å²) in [5, 5.41) is 10.6. The van der Waals surface area contributed by atoms with Gasteiger partial charge >= 0.3 is 6.18 Å². The molecule has 0 spiro atoms. The van der Waals surface area contributed by atoms with Crippen LogP contribution in [-0.4, -0.2) is 28.3 Å². The zero-order valence-corrected chi connectivity index (χ0v) is 14.4. The number of allylic oxidation sites excluding steroid dienone is 1. The molecular formula is C19H18F3NO4. The van der Waals surface area contributed by atoms with Crippen molar-refractivity contribution in [3.63, 3.8) is 0 Å². The van der Waals surface area contributed by atoms with Gasteiger partial charge in [0.15, 0.2) is 11.6 Å². The largest absolute Gasteiger partial charge is 0.506 e. The van der Waals surface area contributed by atoms with Crippen molar-refractivity contribution in [1.82, 2.24) is 4.98 Å². The van der Waals surface area contributed by atoms with Crippen LogP contribution in [0.4, 0.5) is 13.2 Å². The van der Waals surface area contributed by atoms with Gasteiger partial charge in [0.05, 0.1) is 18.9 Å². The summed E-state index contributed by atoms with van der Waals surface area (Å²) in [5.41, 5.74) is -1.79. The van der Waals surface area contributed by atoms with Gasteiger partial charge in [-0.2, -0.15) is 13.2 Å². The van der Waals surface area contributed by atoms with Crippen molar-refractivity contribution < 1.29 is 32.6 Å². The Kier molecular flexibility index (Phi) is 5.19. The molecular weight excluding hydrogens is 363 g/mol. The molecule has 0 aliphatic heterocycles. The number of carbonyl (C=O) groups excluding carboxylic acids is 2. The van der Waals surface area contributed by atoms with Crippen molar-refractivity contribution >= 4 is 17.3 Å². The molecule has 0 aromatic carbocycles. The molecule has 0 radical (unpaired) electrons. The van der Waals surface area contributed by atoms with Crippen LogP contribution in [0.5, 0.6) is 0 Å². The molecule has 1 N–H and O–H groups in total. The summed E-state index contributed by atoms with van der Waals surface area (Å²) in [6.45, 7) is 3.18. The summed E-state index contributed by atoms with van der Waals surface area (Å²) in [6, 6.07) is 1.72. The van der Waals surface area contributed by atoms with Crippen molar-refractivity contribution in [3.8, 4) is 0 Å². The Labute approximate surface area is 153 Å². The van der Waals surface area contributed by atoms with Gasteiger partial charge in [-0.3, -0.25) is 9.59 Å². The molecule has 2 aliphatic rings. The number of rotatable bonds is 5. The molecule has 2 saturated carbocycles. The first-order chi connectivity index (χ1) is 12.7. The molecule has 2 unspecified atom stereocenters. The Balaban J connectivity index is 2.07. The van der Waals surface area contributed by atoms with E-state index in [1.54, 1.807) is 0 Å². The zero-order chi connectivity index (χ0) is 19.8. The maximum absolute atomic E-state index is 13.0. The number of nitrogens with zero attached hydrogens (tertiary/aromatic N) is 1. The summed E-state index contributed by atoms with van der Waals surface area (Å²) in [4.78, 5) is 28.6. The standard InChI is InChI=1S/C19H18F3NO4/c1-2-7-27-9-13-12(5-6-14(23-13)19(20,21)22)18(26)15-16(24)10-3-4-11(8-10)17(15)25/h2,5-6,10-11,26H,1,3-4,7-9H2. The predicted molar refractivity (Wildman–Crippen MR) is 89.5 cm³/mol. The van der Waals surface area contributed by atoms with Crippen LogP contribution in [0, 0.1) is 11.8 Å². The van der Waals surface area contributed by atoms with Crippen LogP contribution in [0.3, 0.4) is 0 Å². The first kappa shape index (κ1) is 19.3. The van der Waals surface area contributed by atoms with E-state index in [0.29, 0.717) is 25.3 Å². The Morgan fingerprint density at radius 2 is 1.89 bits per heavy atom. The summed E-state index contributed by atoms with van der Waals surface area (Å²) >= 11 is 0. The van der Waals surface area contributed by atoms with Crippen LogP contribution < -0.4 is 0 Å². The van der Waals surface area contributed by atoms with Gasteiger partial charge in [0.2, 0.25) is 0 Å². The molecule has 2 atom stereocenters. The number of ketones is 2. The highest BCUT2D eigenvalue weighted by molar-refractivity contribution is 6.27. The van der Waals surface area contributed by atoms with Crippen molar-refractivity contribution in [2.75, 3.05) is 6.61 Å². The van der Waals surface area contributed by atoms with Gasteiger partial charge in [-0.15, -0.1) is 6.58 Å². The van der Waals surface area contributed by atoms with E-state index in [4.69, 9.17) is 4.74 Å². The lowest BCUT2D eigenvalue weighted by atomic mass is 9.81. The fourth-order valence-corrected chi connectivity index (χ4v) is 3.58. The van der Waals surface area contributed by atoms with Crippen LogP contribution in [0.2, 0.25) is 0 Å². The molecule has 5 nitrogen and oxygen atoms in total. The molecule has 27 heavy (non-hydrogen) atoms. The highest BCUT2D eigenvalue weighted by Crippen LogP contribution is 2.42. The molecule has 3 rings (SSSR count). The Hall–Kier alpha value is -2.48. The highest BCUT2D eigenvalue weighted by Gasteiger charge is 2.45. The van der Waals surface area contributed by atoms with E-state index in [9.17, 15) is 27.9 Å². The van der Waals surface area contributed by atoms with Crippen molar-refractivity contribution in [2.24, 2.45) is 11.8 Å². The van der Waals surface area contributed by atoms with Crippen LogP contribution in [0.25, 0.3) is 5.76 Å². The summed E-state index contributed by atoms with van der Waals surface area (Å²) in [5.74, 6) is -2.19. The van der Waals surface area contributed by atoms with Gasteiger partial charge < -0.3 is 9.84 Å². The number of fused-ring (bicyclic) bond motifs is 2. The van der Waals surface area contributed by atoms with Gasteiger partial charge in [-0.1, -0.05) is 6.08 Å². The number of aliphatic hydroxyl groups is 1. The van der Waals surface area contributed by atoms with E-state index in [-0.39, 0.29) is 41.9 Å². The van der Waals surface area contributed by atoms with Gasteiger partial charge in [-0.05, 0) is 31.4 Å². The van der Waals surface area contributed by atoms with Crippen LogP contribution in [0.15, 0.2) is 30.4 Å². The second kappa shape index (κ2) is 7.26. The molecule has 2 fully saturated rings. The number of aromatic nitrogens is 1. The number of hydrogen-bond acceptors (Lipinski definition) is 5. The molecule has 8 heteroatoms. The molecule has 1 heterocycles. The molecule has 0 saturated heterocycles. The third-order valence-electron chi connectivity index (χ3n) is 4.90. The third kappa shape index (κ3) is 3.66. The Bertz CT molecular complexity index is 805. The summed E-state index contributed by atoms with van der Waals surface area (Å²) in [6.07, 6.45) is -1.64. The minimum Gasteiger partial charge on any atom is -0.506 e. The molecule has 1 aromatic rings. The smallest absolute Gasteiger partial charge is 0.433 e. The predicted octanol–water partition coefficient (Wildman–Crippen LogP) is 3.64. The number of halogens is 3. The van der Waals surface area contributed by atoms with E-state index < -0.39 is 29.2 Å². The number of alkyl halides is 3. The molecule has 0 amide bonds. The number of carbonyl (C=O) groups is 2. The number of pyridine rings is 1. The van der Waals surface area contributed by atoms with Gasteiger partial charge in [0.1, 0.15) is 17.0 Å². The monoisotopic (exact) mass is 381 g/mol. The van der Waals surface area contributed by atoms with Crippen LogP contribution in [0.1, 0.15) is 36.2 Å². The maximum atomic E-state index is 13.0. The minimum absolute atomic E-state index is 0.0662. The highest BCUT2D eigenvalue weighted by atomic mass is 19.4. The fraction of sp³-hybridized carbons (Fsp3) is 0.421. The first-order valence-electron chi connectivity index (χ1n) is 8.51. The average molecular weight is 381 g/mol. The van der Waals surface area contributed by atoms with Gasteiger partial charge in [-0.25, -0.2) is 4.98 Å². The SMILES string of the molecule is C=CCOCc1nc(C(F)(F)F)ccc1C(O)=C1C(=O)C2CCC(C2)C1=O. The Morgan fingerprint density at radius 3 is 2.44 bits per heavy atom.